The molecule has 1 N–H and O–H groups in total. The quantitative estimate of drug-likeness (QED) is 0.638. The van der Waals surface area contributed by atoms with Crippen molar-refractivity contribution in [2.24, 2.45) is 0 Å². The number of para-hydroxylation sites is 1. The van der Waals surface area contributed by atoms with Crippen LogP contribution in [0.4, 0.5) is 0 Å². The molecule has 0 aromatic heterocycles. The molecule has 0 saturated carbocycles. The minimum Gasteiger partial charge on any atom is -0.478 e. The molecule has 1 aliphatic rings. The third kappa shape index (κ3) is 4.84. The molecule has 1 aromatic rings. The summed E-state index contributed by atoms with van der Waals surface area (Å²) in [6.07, 6.45) is 3.38. The number of nitrogens with one attached hydrogen (secondary N) is 1. The third-order valence-electron chi connectivity index (χ3n) is 3.39. The maximum atomic E-state index is 12.1. The van der Waals surface area contributed by atoms with E-state index >= 15 is 0 Å². The first kappa shape index (κ1) is 16.5. The fraction of sp³-hybridized carbons (Fsp3) is 0.353. The summed E-state index contributed by atoms with van der Waals surface area (Å²) in [6, 6.07) is 10.7. The van der Waals surface area contributed by atoms with E-state index < -0.39 is 5.91 Å². The van der Waals surface area contributed by atoms with Crippen LogP contribution in [0.1, 0.15) is 18.4 Å². The van der Waals surface area contributed by atoms with Gasteiger partial charge >= 0.3 is 0 Å². The van der Waals surface area contributed by atoms with E-state index in [2.05, 4.69) is 5.32 Å². The Balaban J connectivity index is 2.07. The molecule has 2 rings (SSSR count). The molecule has 6 nitrogen and oxygen atoms in total. The number of rotatable bonds is 6. The topological polar surface area (TPSA) is 95.1 Å². The Kier molecular flexibility index (Phi) is 6.17. The van der Waals surface area contributed by atoms with E-state index in [9.17, 15) is 10.1 Å². The van der Waals surface area contributed by atoms with Gasteiger partial charge in [-0.25, -0.2) is 0 Å². The van der Waals surface area contributed by atoms with E-state index in [0.717, 1.165) is 12.8 Å². The summed E-state index contributed by atoms with van der Waals surface area (Å²) in [5.41, 5.74) is 0.558. The van der Waals surface area contributed by atoms with Crippen LogP contribution >= 0.6 is 0 Å². The summed E-state index contributed by atoms with van der Waals surface area (Å²) >= 11 is 0. The summed E-state index contributed by atoms with van der Waals surface area (Å²) in [7, 11) is 0. The molecule has 1 fully saturated rings. The van der Waals surface area contributed by atoms with Crippen LogP contribution in [0, 0.1) is 22.7 Å². The fourth-order valence-corrected chi connectivity index (χ4v) is 2.25. The summed E-state index contributed by atoms with van der Waals surface area (Å²) < 4.78 is 10.7. The van der Waals surface area contributed by atoms with Crippen LogP contribution < -0.4 is 10.1 Å². The molecule has 1 heterocycles. The van der Waals surface area contributed by atoms with Crippen molar-refractivity contribution in [2.45, 2.75) is 18.9 Å². The van der Waals surface area contributed by atoms with E-state index in [1.165, 1.54) is 6.08 Å². The van der Waals surface area contributed by atoms with Gasteiger partial charge in [-0.05, 0) is 25.0 Å². The third-order valence-corrected chi connectivity index (χ3v) is 3.39. The Bertz CT molecular complexity index is 664. The predicted molar refractivity (Wildman–Crippen MR) is 83.1 cm³/mol. The van der Waals surface area contributed by atoms with Crippen LogP contribution in [0.2, 0.25) is 0 Å². The van der Waals surface area contributed by atoms with Crippen LogP contribution in [-0.4, -0.2) is 31.8 Å². The summed E-state index contributed by atoms with van der Waals surface area (Å²) in [5.74, 6) is 0.00631. The monoisotopic (exact) mass is 311 g/mol. The smallest absolute Gasteiger partial charge is 0.262 e. The molecule has 1 aliphatic heterocycles. The van der Waals surface area contributed by atoms with Crippen molar-refractivity contribution in [2.75, 3.05) is 19.8 Å². The highest BCUT2D eigenvalue weighted by molar-refractivity contribution is 6.01. The molecule has 1 aromatic carbocycles. The Labute approximate surface area is 134 Å². The van der Waals surface area contributed by atoms with E-state index in [4.69, 9.17) is 14.7 Å². The van der Waals surface area contributed by atoms with Gasteiger partial charge < -0.3 is 14.8 Å². The second kappa shape index (κ2) is 8.57. The molecular weight excluding hydrogens is 294 g/mol. The molecule has 1 saturated heterocycles. The number of amides is 1. The zero-order valence-corrected chi connectivity index (χ0v) is 12.6. The first-order valence-corrected chi connectivity index (χ1v) is 7.35. The molecular formula is C17H17N3O3. The highest BCUT2D eigenvalue weighted by atomic mass is 16.5. The highest BCUT2D eigenvalue weighted by Crippen LogP contribution is 2.21. The van der Waals surface area contributed by atoms with Crippen molar-refractivity contribution >= 4 is 12.0 Å². The molecule has 6 heteroatoms. The molecule has 0 bridgehead atoms. The second-order valence-electron chi connectivity index (χ2n) is 5.00. The zero-order valence-electron chi connectivity index (χ0n) is 12.6. The molecule has 118 valence electrons. The highest BCUT2D eigenvalue weighted by Gasteiger charge is 2.17. The lowest BCUT2D eigenvalue weighted by Gasteiger charge is -2.10. The number of benzene rings is 1. The van der Waals surface area contributed by atoms with E-state index in [1.807, 2.05) is 12.1 Å². The van der Waals surface area contributed by atoms with Gasteiger partial charge in [-0.3, -0.25) is 4.79 Å². The van der Waals surface area contributed by atoms with Crippen LogP contribution in [0.15, 0.2) is 29.8 Å². The molecule has 1 atom stereocenters. The van der Waals surface area contributed by atoms with Gasteiger partial charge in [0.2, 0.25) is 0 Å². The molecule has 1 unspecified atom stereocenters. The van der Waals surface area contributed by atoms with E-state index in [1.54, 1.807) is 24.3 Å². The Hall–Kier alpha value is -2.83. The maximum Gasteiger partial charge on any atom is 0.262 e. The van der Waals surface area contributed by atoms with Gasteiger partial charge in [0, 0.05) is 18.7 Å². The SMILES string of the molecule is N#CCOc1ccccc1/C=C(\C#N)C(=O)NCC1CCCO1. The number of hydrogen-bond donors (Lipinski definition) is 1. The minimum atomic E-state index is -0.446. The van der Waals surface area contributed by atoms with Crippen molar-refractivity contribution in [3.05, 3.63) is 35.4 Å². The number of carbonyl (C=O) groups is 1. The van der Waals surface area contributed by atoms with E-state index in [0.29, 0.717) is 24.5 Å². The van der Waals surface area contributed by atoms with Gasteiger partial charge in [-0.2, -0.15) is 10.5 Å². The standard InChI is InChI=1S/C17H17N3O3/c18-7-9-23-16-6-2-1-4-13(16)10-14(11-19)17(21)20-12-15-5-3-8-22-15/h1-2,4,6,10,15H,3,5,8-9,12H2,(H,20,21)/b14-10+. The average Bonchev–Trinajstić information content (AvgIpc) is 3.10. The fourth-order valence-electron chi connectivity index (χ4n) is 2.25. The molecule has 0 spiro atoms. The lowest BCUT2D eigenvalue weighted by molar-refractivity contribution is -0.117. The van der Waals surface area contributed by atoms with Gasteiger partial charge in [-0.15, -0.1) is 0 Å². The minimum absolute atomic E-state index is 0.0176. The van der Waals surface area contributed by atoms with E-state index in [-0.39, 0.29) is 18.3 Å². The normalized spacial score (nSPS) is 17.1. The Morgan fingerprint density at radius 2 is 2.26 bits per heavy atom. The van der Waals surface area contributed by atoms with Crippen molar-refractivity contribution in [3.63, 3.8) is 0 Å². The molecule has 23 heavy (non-hydrogen) atoms. The Morgan fingerprint density at radius 3 is 2.96 bits per heavy atom. The first-order valence-electron chi connectivity index (χ1n) is 7.35. The summed E-state index contributed by atoms with van der Waals surface area (Å²) in [4.78, 5) is 12.1. The van der Waals surface area contributed by atoms with Crippen molar-refractivity contribution in [3.8, 4) is 17.9 Å². The Morgan fingerprint density at radius 1 is 1.43 bits per heavy atom. The number of nitrogens with zero attached hydrogens (tertiary/aromatic N) is 2. The largest absolute Gasteiger partial charge is 0.478 e. The predicted octanol–water partition coefficient (Wildman–Crippen LogP) is 1.79. The molecule has 0 aliphatic carbocycles. The summed E-state index contributed by atoms with van der Waals surface area (Å²) in [5, 5.41) is 20.5. The van der Waals surface area contributed by atoms with Gasteiger partial charge in [0.15, 0.2) is 6.61 Å². The van der Waals surface area contributed by atoms with Gasteiger partial charge in [0.25, 0.3) is 5.91 Å². The first-order chi connectivity index (χ1) is 11.2. The molecule has 1 amide bonds. The number of hydrogen-bond acceptors (Lipinski definition) is 5. The maximum absolute atomic E-state index is 12.1. The van der Waals surface area contributed by atoms with Crippen LogP contribution in [0.25, 0.3) is 6.08 Å². The van der Waals surface area contributed by atoms with Gasteiger partial charge in [-0.1, -0.05) is 18.2 Å². The van der Waals surface area contributed by atoms with Gasteiger partial charge in [0.1, 0.15) is 23.5 Å². The van der Waals surface area contributed by atoms with Crippen LogP contribution in [0.3, 0.4) is 0 Å². The zero-order chi connectivity index (χ0) is 16.5. The number of ether oxygens (including phenoxy) is 2. The lowest BCUT2D eigenvalue weighted by Crippen LogP contribution is -2.32. The lowest BCUT2D eigenvalue weighted by atomic mass is 10.1. The van der Waals surface area contributed by atoms with Crippen molar-refractivity contribution in [1.29, 1.82) is 10.5 Å². The number of carbonyl (C=O) groups excluding carboxylic acids is 1. The van der Waals surface area contributed by atoms with Crippen LogP contribution in [0.5, 0.6) is 5.75 Å². The van der Waals surface area contributed by atoms with Crippen molar-refractivity contribution < 1.29 is 14.3 Å². The van der Waals surface area contributed by atoms with Crippen LogP contribution in [-0.2, 0) is 9.53 Å². The van der Waals surface area contributed by atoms with Gasteiger partial charge in [0.05, 0.1) is 6.10 Å². The average molecular weight is 311 g/mol. The number of nitriles is 2. The second-order valence-corrected chi connectivity index (χ2v) is 5.00. The van der Waals surface area contributed by atoms with Crippen molar-refractivity contribution in [1.82, 2.24) is 5.32 Å². The summed E-state index contributed by atoms with van der Waals surface area (Å²) in [6.45, 7) is 1.01. The molecule has 0 radical (unpaired) electrons.